The van der Waals surface area contributed by atoms with E-state index in [-0.39, 0.29) is 30.1 Å². The Hall–Kier alpha value is -4.14. The molecule has 0 bridgehead atoms. The van der Waals surface area contributed by atoms with Crippen LogP contribution < -0.4 is 0 Å². The number of likely N-dealkylation sites (tertiary alicyclic amines) is 1. The van der Waals surface area contributed by atoms with Crippen LogP contribution in [0.5, 0.6) is 0 Å². The summed E-state index contributed by atoms with van der Waals surface area (Å²) in [7, 11) is 1.74. The van der Waals surface area contributed by atoms with Crippen molar-refractivity contribution in [1.82, 2.24) is 14.7 Å². The topological polar surface area (TPSA) is 87.8 Å². The van der Waals surface area contributed by atoms with Crippen molar-refractivity contribution in [3.8, 4) is 0 Å². The van der Waals surface area contributed by atoms with E-state index in [1.54, 1.807) is 24.0 Å². The molecule has 5 rings (SSSR count). The molecule has 1 fully saturated rings. The molecule has 0 saturated carbocycles. The van der Waals surface area contributed by atoms with E-state index in [2.05, 4.69) is 10.1 Å². The van der Waals surface area contributed by atoms with Gasteiger partial charge in [0.25, 0.3) is 11.8 Å². The van der Waals surface area contributed by atoms with E-state index in [1.165, 1.54) is 23.1 Å². The van der Waals surface area contributed by atoms with Crippen LogP contribution in [-0.2, 0) is 29.5 Å². The van der Waals surface area contributed by atoms with Crippen LogP contribution in [0.2, 0.25) is 0 Å². The molecule has 3 aromatic rings. The van der Waals surface area contributed by atoms with Crippen LogP contribution in [0.25, 0.3) is 0 Å². The second-order valence-electron chi connectivity index (χ2n) is 9.94. The fourth-order valence-corrected chi connectivity index (χ4v) is 5.74. The minimum absolute atomic E-state index is 0.0218. The van der Waals surface area contributed by atoms with E-state index in [0.717, 1.165) is 16.7 Å². The number of allylic oxidation sites excluding steroid dienone is 1. The van der Waals surface area contributed by atoms with Crippen LogP contribution >= 0.6 is 0 Å². The van der Waals surface area contributed by atoms with Crippen LogP contribution in [0.15, 0.2) is 65.0 Å². The standard InChI is InChI=1S/C30H30F2N4O3/c1-4-17-8-6-9-18(5-2)23(17)25-27(22-13-14-35(3)34-22)33-29(38)26(28(25)37)30(39)36-15-12-19(16-36)24-20(31)10-7-11-21(24)32/h6-11,13-14,19,25,37H,4-5,12,15-16H2,1-3H3. The summed E-state index contributed by atoms with van der Waals surface area (Å²) < 4.78 is 30.4. The SMILES string of the molecule is CCc1cccc(CC)c1C1C(c2ccn(C)n2)=NC(=O)C(C(=O)N2CCC(c3c(F)cccc3F)C2)=C1O. The Morgan fingerprint density at radius 1 is 1.03 bits per heavy atom. The lowest BCUT2D eigenvalue weighted by atomic mass is 9.80. The summed E-state index contributed by atoms with van der Waals surface area (Å²) in [6, 6.07) is 11.3. The lowest BCUT2D eigenvalue weighted by Crippen LogP contribution is -2.37. The number of aryl methyl sites for hydroxylation is 3. The zero-order valence-electron chi connectivity index (χ0n) is 22.1. The number of nitrogens with zero attached hydrogens (tertiary/aromatic N) is 4. The highest BCUT2D eigenvalue weighted by molar-refractivity contribution is 6.26. The number of aliphatic hydroxyl groups is 1. The zero-order chi connectivity index (χ0) is 27.8. The summed E-state index contributed by atoms with van der Waals surface area (Å²) in [5.74, 6) is -4.70. The van der Waals surface area contributed by atoms with Gasteiger partial charge in [-0.3, -0.25) is 14.3 Å². The fraction of sp³-hybridized carbons (Fsp3) is 0.333. The van der Waals surface area contributed by atoms with Crippen molar-refractivity contribution in [2.75, 3.05) is 13.1 Å². The Labute approximate surface area is 225 Å². The predicted molar refractivity (Wildman–Crippen MR) is 143 cm³/mol. The number of carbonyl (C=O) groups excluding carboxylic acids is 2. The number of dihydropyridines is 1. The first-order valence-corrected chi connectivity index (χ1v) is 13.1. The third-order valence-electron chi connectivity index (χ3n) is 7.65. The van der Waals surface area contributed by atoms with E-state index in [4.69, 9.17) is 0 Å². The minimum atomic E-state index is -0.870. The number of aliphatic imine (C=N–C) groups is 1. The van der Waals surface area contributed by atoms with Gasteiger partial charge in [0.05, 0.1) is 11.6 Å². The van der Waals surface area contributed by atoms with E-state index in [0.29, 0.717) is 25.0 Å². The second-order valence-corrected chi connectivity index (χ2v) is 9.94. The zero-order valence-corrected chi connectivity index (χ0v) is 22.1. The highest BCUT2D eigenvalue weighted by Crippen LogP contribution is 2.39. The molecule has 0 spiro atoms. The Balaban J connectivity index is 1.58. The monoisotopic (exact) mass is 532 g/mol. The molecule has 2 amide bonds. The van der Waals surface area contributed by atoms with Gasteiger partial charge in [0.15, 0.2) is 0 Å². The summed E-state index contributed by atoms with van der Waals surface area (Å²) in [5.41, 5.74) is 2.95. The maximum Gasteiger partial charge on any atom is 0.286 e. The van der Waals surface area contributed by atoms with Crippen LogP contribution in [0.1, 0.15) is 60.1 Å². The Kier molecular flexibility index (Phi) is 7.16. The first-order valence-electron chi connectivity index (χ1n) is 13.1. The van der Waals surface area contributed by atoms with Gasteiger partial charge < -0.3 is 10.0 Å². The minimum Gasteiger partial charge on any atom is -0.510 e. The number of rotatable bonds is 6. The summed E-state index contributed by atoms with van der Waals surface area (Å²) in [6.45, 7) is 4.22. The van der Waals surface area contributed by atoms with Crippen molar-refractivity contribution in [3.05, 3.63) is 99.6 Å². The van der Waals surface area contributed by atoms with Gasteiger partial charge in [0, 0.05) is 37.8 Å². The number of amides is 2. The summed E-state index contributed by atoms with van der Waals surface area (Å²) in [4.78, 5) is 32.7. The predicted octanol–water partition coefficient (Wildman–Crippen LogP) is 4.76. The van der Waals surface area contributed by atoms with Gasteiger partial charge >= 0.3 is 0 Å². The fourth-order valence-electron chi connectivity index (χ4n) is 5.74. The van der Waals surface area contributed by atoms with Gasteiger partial charge in [-0.2, -0.15) is 5.10 Å². The molecule has 9 heteroatoms. The number of benzene rings is 2. The van der Waals surface area contributed by atoms with Gasteiger partial charge in [-0.25, -0.2) is 13.8 Å². The van der Waals surface area contributed by atoms with Gasteiger partial charge in [-0.15, -0.1) is 0 Å². The molecule has 2 aliphatic heterocycles. The molecule has 7 nitrogen and oxygen atoms in total. The van der Waals surface area contributed by atoms with Crippen molar-refractivity contribution < 1.29 is 23.5 Å². The molecule has 1 aromatic heterocycles. The average Bonchev–Trinajstić information content (AvgIpc) is 3.57. The smallest absolute Gasteiger partial charge is 0.286 e. The summed E-state index contributed by atoms with van der Waals surface area (Å²) in [5, 5.41) is 16.1. The van der Waals surface area contributed by atoms with Gasteiger partial charge in [0.2, 0.25) is 0 Å². The molecule has 2 unspecified atom stereocenters. The Morgan fingerprint density at radius 2 is 1.67 bits per heavy atom. The van der Waals surface area contributed by atoms with Crippen LogP contribution in [0, 0.1) is 11.6 Å². The second kappa shape index (κ2) is 10.6. The molecule has 1 N–H and O–H groups in total. The molecule has 2 atom stereocenters. The molecule has 39 heavy (non-hydrogen) atoms. The number of aliphatic hydroxyl groups excluding tert-OH is 1. The number of hydrogen-bond donors (Lipinski definition) is 1. The van der Waals surface area contributed by atoms with Gasteiger partial charge in [-0.1, -0.05) is 38.1 Å². The molecular weight excluding hydrogens is 502 g/mol. The van der Waals surface area contributed by atoms with Gasteiger partial charge in [0.1, 0.15) is 28.7 Å². The Morgan fingerprint density at radius 3 is 2.26 bits per heavy atom. The lowest BCUT2D eigenvalue weighted by molar-refractivity contribution is -0.129. The maximum absolute atomic E-state index is 14.4. The number of carbonyl (C=O) groups is 2. The van der Waals surface area contributed by atoms with E-state index in [1.807, 2.05) is 32.0 Å². The maximum atomic E-state index is 14.4. The molecular formula is C30H30F2N4O3. The van der Waals surface area contributed by atoms with Crippen LogP contribution in [-0.4, -0.2) is 50.4 Å². The van der Waals surface area contributed by atoms with Crippen molar-refractivity contribution in [1.29, 1.82) is 0 Å². The third kappa shape index (κ3) is 4.66. The quantitative estimate of drug-likeness (QED) is 0.464. The molecule has 3 heterocycles. The van der Waals surface area contributed by atoms with E-state index < -0.39 is 40.9 Å². The lowest BCUT2D eigenvalue weighted by Gasteiger charge is -2.28. The van der Waals surface area contributed by atoms with Crippen LogP contribution in [0.3, 0.4) is 0 Å². The van der Waals surface area contributed by atoms with Crippen molar-refractivity contribution >= 4 is 17.5 Å². The first kappa shape index (κ1) is 26.5. The average molecular weight is 533 g/mol. The molecule has 1 saturated heterocycles. The number of halogens is 2. The van der Waals surface area contributed by atoms with Crippen molar-refractivity contribution in [2.45, 2.75) is 44.9 Å². The molecule has 2 aromatic carbocycles. The highest BCUT2D eigenvalue weighted by Gasteiger charge is 2.42. The number of aromatic nitrogens is 2. The molecule has 2 aliphatic rings. The molecule has 0 aliphatic carbocycles. The van der Waals surface area contributed by atoms with Gasteiger partial charge in [-0.05, 0) is 54.2 Å². The largest absolute Gasteiger partial charge is 0.510 e. The molecule has 202 valence electrons. The van der Waals surface area contributed by atoms with Crippen molar-refractivity contribution in [2.24, 2.45) is 12.0 Å². The van der Waals surface area contributed by atoms with E-state index >= 15 is 0 Å². The normalized spacial score (nSPS) is 19.6. The summed E-state index contributed by atoms with van der Waals surface area (Å²) in [6.07, 6.45) is 3.39. The number of hydrogen-bond acceptors (Lipinski definition) is 4. The van der Waals surface area contributed by atoms with Crippen molar-refractivity contribution in [3.63, 3.8) is 0 Å². The third-order valence-corrected chi connectivity index (χ3v) is 7.65. The summed E-state index contributed by atoms with van der Waals surface area (Å²) >= 11 is 0. The first-order chi connectivity index (χ1) is 18.7. The van der Waals surface area contributed by atoms with Crippen LogP contribution in [0.4, 0.5) is 8.78 Å². The molecule has 0 radical (unpaired) electrons. The van der Waals surface area contributed by atoms with E-state index in [9.17, 15) is 23.5 Å². The highest BCUT2D eigenvalue weighted by atomic mass is 19.1. The Bertz CT molecular complexity index is 1480.